The third-order valence-electron chi connectivity index (χ3n) is 5.32. The zero-order valence-electron chi connectivity index (χ0n) is 16.8. The number of nitrogens with zero attached hydrogens (tertiary/aromatic N) is 3. The number of aryl methyl sites for hydroxylation is 1. The van der Waals surface area contributed by atoms with Gasteiger partial charge in [0.2, 0.25) is 5.82 Å². The highest BCUT2D eigenvalue weighted by Gasteiger charge is 2.33. The average Bonchev–Trinajstić information content (AvgIpc) is 3.24. The topological polar surface area (TPSA) is 54.2 Å². The summed E-state index contributed by atoms with van der Waals surface area (Å²) in [6, 6.07) is 18.3. The fourth-order valence-electron chi connectivity index (χ4n) is 3.67. The summed E-state index contributed by atoms with van der Waals surface area (Å²) in [5.74, 6) is 1.09. The zero-order valence-corrected chi connectivity index (χ0v) is 17.7. The van der Waals surface area contributed by atoms with Crippen molar-refractivity contribution in [3.05, 3.63) is 77.3 Å². The van der Waals surface area contributed by atoms with Crippen LogP contribution in [0, 0.1) is 0 Å². The minimum absolute atomic E-state index is 0.139. The minimum Gasteiger partial charge on any atom is -0.351 e. The van der Waals surface area contributed by atoms with Gasteiger partial charge in [-0.25, -0.2) is 0 Å². The van der Waals surface area contributed by atoms with Crippen LogP contribution in [-0.4, -0.2) is 26.7 Å². The molecule has 5 nitrogen and oxygen atoms in total. The van der Waals surface area contributed by atoms with Gasteiger partial charge in [-0.3, -0.25) is 0 Å². The molecule has 1 unspecified atom stereocenters. The Morgan fingerprint density at radius 2 is 1.79 bits per heavy atom. The first kappa shape index (κ1) is 19.3. The van der Waals surface area contributed by atoms with Crippen LogP contribution in [0.15, 0.2) is 64.8 Å². The lowest BCUT2D eigenvalue weighted by molar-refractivity contribution is 0.398. The molecular weight excluding hydrogens is 380 g/mol. The van der Waals surface area contributed by atoms with Gasteiger partial charge in [0.25, 0.3) is 5.89 Å². The molecule has 1 aliphatic rings. The molecule has 0 amide bonds. The van der Waals surface area contributed by atoms with Gasteiger partial charge in [-0.2, -0.15) is 4.98 Å². The number of allylic oxidation sites excluding steroid dienone is 1. The van der Waals surface area contributed by atoms with Crippen molar-refractivity contribution in [1.82, 2.24) is 20.4 Å². The summed E-state index contributed by atoms with van der Waals surface area (Å²) < 4.78 is 5.72. The van der Waals surface area contributed by atoms with Crippen molar-refractivity contribution in [2.45, 2.75) is 33.2 Å². The molecule has 2 heterocycles. The van der Waals surface area contributed by atoms with Gasteiger partial charge in [0.15, 0.2) is 5.11 Å². The van der Waals surface area contributed by atoms with Gasteiger partial charge in [-0.05, 0) is 43.6 Å². The standard InChI is InChI=1S/C23H24N4OS/c1-4-16-11-13-17(14-12-16)20-19(15(3)27(5-2)23(29)24-20)22-25-21(26-28-22)18-9-7-6-8-10-18/h6-14,20H,4-5H2,1-3H3,(H,24,29). The zero-order chi connectivity index (χ0) is 20.4. The normalized spacial score (nSPS) is 16.9. The Balaban J connectivity index is 1.80. The number of hydrogen-bond donors (Lipinski definition) is 1. The van der Waals surface area contributed by atoms with Gasteiger partial charge in [0.1, 0.15) is 0 Å². The number of aromatic nitrogens is 2. The summed E-state index contributed by atoms with van der Waals surface area (Å²) in [6.07, 6.45) is 1.01. The lowest BCUT2D eigenvalue weighted by Crippen LogP contribution is -2.45. The average molecular weight is 405 g/mol. The number of nitrogens with one attached hydrogen (secondary N) is 1. The molecule has 6 heteroatoms. The molecule has 2 aromatic carbocycles. The summed E-state index contributed by atoms with van der Waals surface area (Å²) >= 11 is 5.63. The molecule has 0 radical (unpaired) electrons. The maximum Gasteiger partial charge on any atom is 0.258 e. The smallest absolute Gasteiger partial charge is 0.258 e. The molecule has 1 N–H and O–H groups in total. The van der Waals surface area contributed by atoms with Gasteiger partial charge in [-0.15, -0.1) is 0 Å². The predicted octanol–water partition coefficient (Wildman–Crippen LogP) is 4.98. The van der Waals surface area contributed by atoms with Crippen LogP contribution in [0.5, 0.6) is 0 Å². The van der Waals surface area contributed by atoms with Crippen LogP contribution in [-0.2, 0) is 6.42 Å². The van der Waals surface area contributed by atoms with Crippen LogP contribution in [0.4, 0.5) is 0 Å². The summed E-state index contributed by atoms with van der Waals surface area (Å²) in [6.45, 7) is 7.06. The third kappa shape index (κ3) is 3.68. The molecule has 0 fully saturated rings. The van der Waals surface area contributed by atoms with Crippen LogP contribution in [0.1, 0.15) is 43.8 Å². The lowest BCUT2D eigenvalue weighted by atomic mass is 9.94. The first-order valence-corrected chi connectivity index (χ1v) is 10.3. The molecule has 1 atom stereocenters. The molecule has 29 heavy (non-hydrogen) atoms. The highest BCUT2D eigenvalue weighted by molar-refractivity contribution is 7.80. The van der Waals surface area contributed by atoms with E-state index in [0.29, 0.717) is 16.8 Å². The molecule has 4 rings (SSSR count). The second kappa shape index (κ2) is 8.17. The van der Waals surface area contributed by atoms with E-state index in [1.807, 2.05) is 30.3 Å². The highest BCUT2D eigenvalue weighted by atomic mass is 32.1. The minimum atomic E-state index is -0.139. The molecular formula is C23H24N4OS. The molecule has 0 saturated heterocycles. The van der Waals surface area contributed by atoms with E-state index in [4.69, 9.17) is 21.7 Å². The molecule has 3 aromatic rings. The SMILES string of the molecule is CCc1ccc(C2NC(=S)N(CC)C(C)=C2c2nc(-c3ccccc3)no2)cc1. The first-order valence-electron chi connectivity index (χ1n) is 9.89. The summed E-state index contributed by atoms with van der Waals surface area (Å²) in [5, 5.41) is 8.40. The Bertz CT molecular complexity index is 1040. The van der Waals surface area contributed by atoms with Gasteiger partial charge in [0.05, 0.1) is 11.6 Å². The van der Waals surface area contributed by atoms with E-state index in [-0.39, 0.29) is 6.04 Å². The summed E-state index contributed by atoms with van der Waals surface area (Å²) in [4.78, 5) is 6.78. The lowest BCUT2D eigenvalue weighted by Gasteiger charge is -2.36. The number of hydrogen-bond acceptors (Lipinski definition) is 4. The molecule has 148 valence electrons. The van der Waals surface area contributed by atoms with Crippen LogP contribution in [0.2, 0.25) is 0 Å². The van der Waals surface area contributed by atoms with E-state index in [0.717, 1.165) is 35.4 Å². The van der Waals surface area contributed by atoms with E-state index in [9.17, 15) is 0 Å². The van der Waals surface area contributed by atoms with Crippen molar-refractivity contribution in [3.63, 3.8) is 0 Å². The van der Waals surface area contributed by atoms with Gasteiger partial charge < -0.3 is 14.7 Å². The highest BCUT2D eigenvalue weighted by Crippen LogP contribution is 2.37. The predicted molar refractivity (Wildman–Crippen MR) is 119 cm³/mol. The van der Waals surface area contributed by atoms with Crippen LogP contribution in [0.3, 0.4) is 0 Å². The Morgan fingerprint density at radius 3 is 2.45 bits per heavy atom. The van der Waals surface area contributed by atoms with Crippen LogP contribution >= 0.6 is 12.2 Å². The van der Waals surface area contributed by atoms with Crippen molar-refractivity contribution in [1.29, 1.82) is 0 Å². The summed E-state index contributed by atoms with van der Waals surface area (Å²) in [7, 11) is 0. The monoisotopic (exact) mass is 404 g/mol. The van der Waals surface area contributed by atoms with Crippen molar-refractivity contribution >= 4 is 22.9 Å². The van der Waals surface area contributed by atoms with E-state index in [2.05, 4.69) is 60.4 Å². The third-order valence-corrected chi connectivity index (χ3v) is 5.66. The molecule has 0 bridgehead atoms. The number of thiocarbonyl (C=S) groups is 1. The Morgan fingerprint density at radius 1 is 1.07 bits per heavy atom. The van der Waals surface area contributed by atoms with E-state index in [1.165, 1.54) is 5.56 Å². The Kier molecular flexibility index (Phi) is 5.45. The van der Waals surface area contributed by atoms with Gasteiger partial charge in [-0.1, -0.05) is 66.7 Å². The number of rotatable bonds is 5. The Labute approximate surface area is 176 Å². The molecule has 1 aromatic heterocycles. The molecule has 0 aliphatic carbocycles. The fourth-order valence-corrected chi connectivity index (χ4v) is 4.06. The fraction of sp³-hybridized carbons (Fsp3) is 0.261. The van der Waals surface area contributed by atoms with Crippen LogP contribution in [0.25, 0.3) is 17.0 Å². The first-order chi connectivity index (χ1) is 14.1. The van der Waals surface area contributed by atoms with Crippen molar-refractivity contribution in [2.24, 2.45) is 0 Å². The van der Waals surface area contributed by atoms with Crippen molar-refractivity contribution in [2.75, 3.05) is 6.54 Å². The second-order valence-corrected chi connectivity index (χ2v) is 7.40. The van der Waals surface area contributed by atoms with Gasteiger partial charge in [0, 0.05) is 17.8 Å². The molecule has 1 aliphatic heterocycles. The maximum atomic E-state index is 5.72. The maximum absolute atomic E-state index is 5.72. The van der Waals surface area contributed by atoms with Crippen LogP contribution < -0.4 is 5.32 Å². The van der Waals surface area contributed by atoms with Crippen molar-refractivity contribution in [3.8, 4) is 11.4 Å². The molecule has 0 saturated carbocycles. The van der Waals surface area contributed by atoms with E-state index in [1.54, 1.807) is 0 Å². The number of benzene rings is 2. The van der Waals surface area contributed by atoms with E-state index >= 15 is 0 Å². The summed E-state index contributed by atoms with van der Waals surface area (Å²) in [5.41, 5.74) is 5.34. The van der Waals surface area contributed by atoms with E-state index < -0.39 is 0 Å². The Hall–Kier alpha value is -2.99. The van der Waals surface area contributed by atoms with Crippen molar-refractivity contribution < 1.29 is 4.52 Å². The molecule has 0 spiro atoms. The quantitative estimate of drug-likeness (QED) is 0.605. The van der Waals surface area contributed by atoms with Gasteiger partial charge >= 0.3 is 0 Å². The second-order valence-electron chi connectivity index (χ2n) is 7.01. The largest absolute Gasteiger partial charge is 0.351 e.